The largest absolute Gasteiger partial charge is 0.511 e. The first-order valence-corrected chi connectivity index (χ1v) is 13.6. The van der Waals surface area contributed by atoms with Crippen molar-refractivity contribution in [1.82, 2.24) is 15.1 Å². The Morgan fingerprint density at radius 2 is 1.87 bits per heavy atom. The fourth-order valence-corrected chi connectivity index (χ4v) is 5.59. The van der Waals surface area contributed by atoms with E-state index in [0.717, 1.165) is 38.9 Å². The number of hydrogen-bond donors (Lipinski definition) is 3. The van der Waals surface area contributed by atoms with Crippen molar-refractivity contribution in [3.63, 3.8) is 0 Å². The Hall–Kier alpha value is -3.50. The van der Waals surface area contributed by atoms with Gasteiger partial charge in [-0.2, -0.15) is 0 Å². The van der Waals surface area contributed by atoms with Gasteiger partial charge >= 0.3 is 6.16 Å². The zero-order valence-corrected chi connectivity index (χ0v) is 22.8. The summed E-state index contributed by atoms with van der Waals surface area (Å²) >= 11 is 6.19. The number of hydrogen-bond acceptors (Lipinski definition) is 7. The third kappa shape index (κ3) is 7.13. The zero-order valence-electron chi connectivity index (χ0n) is 22.0. The van der Waals surface area contributed by atoms with Crippen molar-refractivity contribution < 1.29 is 29.0 Å². The highest BCUT2D eigenvalue weighted by Crippen LogP contribution is 2.35. The van der Waals surface area contributed by atoms with Gasteiger partial charge in [-0.25, -0.2) is 4.79 Å². The van der Waals surface area contributed by atoms with Crippen molar-refractivity contribution in [2.24, 2.45) is 0 Å². The highest BCUT2D eigenvalue weighted by Gasteiger charge is 2.34. The molecule has 4 rings (SSSR count). The number of benzene rings is 2. The molecule has 10 nitrogen and oxygen atoms in total. The molecular weight excluding hydrogens is 524 g/mol. The molecule has 2 aromatic rings. The van der Waals surface area contributed by atoms with E-state index in [9.17, 15) is 19.5 Å². The zero-order chi connectivity index (χ0) is 27.9. The summed E-state index contributed by atoms with van der Waals surface area (Å²) in [7, 11) is 1.45. The first kappa shape index (κ1) is 28.5. The molecule has 2 unspecified atom stereocenters. The lowest BCUT2D eigenvalue weighted by Gasteiger charge is -2.39. The van der Waals surface area contributed by atoms with Crippen molar-refractivity contribution >= 4 is 35.3 Å². The summed E-state index contributed by atoms with van der Waals surface area (Å²) in [5, 5.41) is 12.6. The summed E-state index contributed by atoms with van der Waals surface area (Å²) in [4.78, 5) is 41.4. The number of para-hydroxylation sites is 1. The minimum Gasteiger partial charge on any atom is -0.496 e. The van der Waals surface area contributed by atoms with Crippen LogP contribution in [0.15, 0.2) is 36.4 Å². The van der Waals surface area contributed by atoms with E-state index in [1.165, 1.54) is 19.2 Å². The smallest absolute Gasteiger partial charge is 0.496 e. The molecule has 2 aromatic carbocycles. The number of nitrogen functional groups attached to an aromatic ring is 1. The SMILES string of the molecule is COc1cc(N)c(Cl)cc1C(=O)NC1CCN(CCCC(=O)N2CCCC2)CC1c1ccccc1OC(=O)O. The molecule has 0 radical (unpaired) electrons. The molecule has 210 valence electrons. The molecule has 2 aliphatic rings. The summed E-state index contributed by atoms with van der Waals surface area (Å²) in [5.74, 6) is 0.101. The van der Waals surface area contributed by atoms with E-state index in [1.807, 2.05) is 17.0 Å². The molecule has 4 N–H and O–H groups in total. The van der Waals surface area contributed by atoms with Crippen LogP contribution in [0.25, 0.3) is 0 Å². The molecule has 2 saturated heterocycles. The summed E-state index contributed by atoms with van der Waals surface area (Å²) < 4.78 is 10.5. The maximum Gasteiger partial charge on any atom is 0.511 e. The lowest BCUT2D eigenvalue weighted by molar-refractivity contribution is -0.130. The number of nitrogens with one attached hydrogen (secondary N) is 1. The molecule has 2 atom stereocenters. The van der Waals surface area contributed by atoms with Gasteiger partial charge in [0.25, 0.3) is 5.91 Å². The van der Waals surface area contributed by atoms with E-state index in [2.05, 4.69) is 10.2 Å². The van der Waals surface area contributed by atoms with Crippen LogP contribution in [0.2, 0.25) is 5.02 Å². The number of likely N-dealkylation sites (tertiary alicyclic amines) is 2. The Morgan fingerprint density at radius 1 is 1.13 bits per heavy atom. The van der Waals surface area contributed by atoms with Crippen LogP contribution in [-0.4, -0.2) is 78.8 Å². The Bertz CT molecular complexity index is 1200. The molecule has 0 saturated carbocycles. The van der Waals surface area contributed by atoms with Crippen LogP contribution in [0.4, 0.5) is 10.5 Å². The highest BCUT2D eigenvalue weighted by molar-refractivity contribution is 6.33. The Labute approximate surface area is 233 Å². The summed E-state index contributed by atoms with van der Waals surface area (Å²) in [6.45, 7) is 3.68. The Kier molecular flexibility index (Phi) is 9.53. The molecule has 2 heterocycles. The number of piperidine rings is 1. The monoisotopic (exact) mass is 558 g/mol. The molecule has 0 bridgehead atoms. The second-order valence-corrected chi connectivity index (χ2v) is 10.4. The number of nitrogens with two attached hydrogens (primary N) is 1. The van der Waals surface area contributed by atoms with Gasteiger partial charge < -0.3 is 35.4 Å². The number of nitrogens with zero attached hydrogens (tertiary/aromatic N) is 2. The lowest BCUT2D eigenvalue weighted by atomic mass is 9.85. The van der Waals surface area contributed by atoms with Crippen LogP contribution in [0.3, 0.4) is 0 Å². The number of rotatable bonds is 9. The molecule has 2 fully saturated rings. The quantitative estimate of drug-likeness (QED) is 0.239. The number of methoxy groups -OCH3 is 1. The average Bonchev–Trinajstić information content (AvgIpc) is 3.46. The van der Waals surface area contributed by atoms with E-state index in [4.69, 9.17) is 26.8 Å². The number of amides is 2. The maximum atomic E-state index is 13.4. The average molecular weight is 559 g/mol. The third-order valence-corrected chi connectivity index (χ3v) is 7.74. The summed E-state index contributed by atoms with van der Waals surface area (Å²) in [5.41, 5.74) is 7.13. The van der Waals surface area contributed by atoms with Gasteiger partial charge in [-0.3, -0.25) is 9.59 Å². The normalized spacial score (nSPS) is 19.5. The van der Waals surface area contributed by atoms with Crippen LogP contribution in [0.1, 0.15) is 53.9 Å². The van der Waals surface area contributed by atoms with E-state index >= 15 is 0 Å². The minimum absolute atomic E-state index is 0.197. The van der Waals surface area contributed by atoms with Crippen molar-refractivity contribution in [3.05, 3.63) is 52.5 Å². The van der Waals surface area contributed by atoms with Crippen LogP contribution in [-0.2, 0) is 4.79 Å². The number of halogens is 1. The van der Waals surface area contributed by atoms with Crippen molar-refractivity contribution in [2.75, 3.05) is 45.6 Å². The van der Waals surface area contributed by atoms with E-state index in [1.54, 1.807) is 12.1 Å². The van der Waals surface area contributed by atoms with Crippen LogP contribution in [0.5, 0.6) is 11.5 Å². The summed E-state index contributed by atoms with van der Waals surface area (Å²) in [6.07, 6.45) is 2.57. The van der Waals surface area contributed by atoms with Gasteiger partial charge in [-0.05, 0) is 44.4 Å². The topological polar surface area (TPSA) is 134 Å². The van der Waals surface area contributed by atoms with E-state index in [-0.39, 0.29) is 40.1 Å². The molecule has 2 aliphatic heterocycles. The Morgan fingerprint density at radius 3 is 2.59 bits per heavy atom. The van der Waals surface area contributed by atoms with Crippen LogP contribution >= 0.6 is 11.6 Å². The van der Waals surface area contributed by atoms with Gasteiger partial charge in [0.15, 0.2) is 0 Å². The van der Waals surface area contributed by atoms with Crippen molar-refractivity contribution in [2.45, 2.75) is 44.1 Å². The maximum absolute atomic E-state index is 13.4. The fourth-order valence-electron chi connectivity index (χ4n) is 5.42. The van der Waals surface area contributed by atoms with Gasteiger partial charge in [0.2, 0.25) is 5.91 Å². The molecule has 0 spiro atoms. The molecule has 0 aliphatic carbocycles. The molecule has 11 heteroatoms. The Balaban J connectivity index is 1.51. The fraction of sp³-hybridized carbons (Fsp3) is 0.464. The number of carboxylic acid groups (broad SMARTS) is 1. The molecule has 39 heavy (non-hydrogen) atoms. The first-order valence-electron chi connectivity index (χ1n) is 13.2. The van der Waals surface area contributed by atoms with Gasteiger partial charge in [0, 0.05) is 56.2 Å². The lowest BCUT2D eigenvalue weighted by Crippen LogP contribution is -2.50. The van der Waals surface area contributed by atoms with E-state index in [0.29, 0.717) is 42.9 Å². The predicted molar refractivity (Wildman–Crippen MR) is 148 cm³/mol. The van der Waals surface area contributed by atoms with Crippen LogP contribution in [0, 0.1) is 0 Å². The van der Waals surface area contributed by atoms with Gasteiger partial charge in [0.05, 0.1) is 23.4 Å². The summed E-state index contributed by atoms with van der Waals surface area (Å²) in [6, 6.07) is 9.63. The number of carbonyl (C=O) groups is 3. The van der Waals surface area contributed by atoms with Gasteiger partial charge in [-0.1, -0.05) is 29.8 Å². The number of anilines is 1. The van der Waals surface area contributed by atoms with E-state index < -0.39 is 6.16 Å². The minimum atomic E-state index is -1.41. The second kappa shape index (κ2) is 13.0. The molecule has 0 aromatic heterocycles. The number of ether oxygens (including phenoxy) is 2. The number of carbonyl (C=O) groups excluding carboxylic acids is 2. The van der Waals surface area contributed by atoms with Crippen LogP contribution < -0.4 is 20.5 Å². The predicted octanol–water partition coefficient (Wildman–Crippen LogP) is 3.98. The first-order chi connectivity index (χ1) is 18.8. The molecular formula is C28H35ClN4O6. The third-order valence-electron chi connectivity index (χ3n) is 7.42. The standard InChI is InChI=1S/C28H35ClN4O6/c1-38-25-16-22(30)21(29)15-19(25)27(35)31-23-10-14-32(11-6-9-26(34)33-12-4-5-13-33)17-20(23)18-7-2-3-8-24(18)39-28(36)37/h2-3,7-8,15-16,20,23H,4-6,9-14,17,30H2,1H3,(H,31,35)(H,36,37). The van der Waals surface area contributed by atoms with Gasteiger partial charge in [-0.15, -0.1) is 0 Å². The van der Waals surface area contributed by atoms with Crippen molar-refractivity contribution in [3.8, 4) is 11.5 Å². The van der Waals surface area contributed by atoms with Crippen molar-refractivity contribution in [1.29, 1.82) is 0 Å². The second-order valence-electron chi connectivity index (χ2n) is 9.95. The highest BCUT2D eigenvalue weighted by atomic mass is 35.5. The van der Waals surface area contributed by atoms with Gasteiger partial charge in [0.1, 0.15) is 11.5 Å². The molecule has 2 amide bonds.